The van der Waals surface area contributed by atoms with Crippen molar-refractivity contribution >= 4 is 33.0 Å². The van der Waals surface area contributed by atoms with Crippen molar-refractivity contribution in [3.8, 4) is 11.3 Å². The molecule has 5 rings (SSSR count). The monoisotopic (exact) mass is 353 g/mol. The molecule has 0 fully saturated rings. The first-order chi connectivity index (χ1) is 13.2. The van der Waals surface area contributed by atoms with E-state index < -0.39 is 0 Å². The lowest BCUT2D eigenvalue weighted by Gasteiger charge is -2.10. The average molecular weight is 353 g/mol. The molecule has 0 radical (unpaired) electrons. The summed E-state index contributed by atoms with van der Waals surface area (Å²) in [6.45, 7) is 5.34. The Bertz CT molecular complexity index is 1330. The Morgan fingerprint density at radius 3 is 2.59 bits per heavy atom. The minimum Gasteiger partial charge on any atom is -0.341 e. The van der Waals surface area contributed by atoms with E-state index in [0.29, 0.717) is 0 Å². The van der Waals surface area contributed by atoms with E-state index in [4.69, 9.17) is 0 Å². The van der Waals surface area contributed by atoms with Crippen LogP contribution >= 0.6 is 0 Å². The molecule has 0 aliphatic rings. The van der Waals surface area contributed by atoms with Crippen LogP contribution in [0.2, 0.25) is 0 Å². The molecular weight excluding hydrogens is 332 g/mol. The van der Waals surface area contributed by atoms with Crippen LogP contribution in [0.25, 0.3) is 44.2 Å². The highest BCUT2D eigenvalue weighted by Crippen LogP contribution is 2.34. The number of aromatic nitrogens is 4. The van der Waals surface area contributed by atoms with Crippen LogP contribution in [0.15, 0.2) is 60.9 Å². The largest absolute Gasteiger partial charge is 0.349 e. The summed E-state index contributed by atoms with van der Waals surface area (Å²) >= 11 is 0. The molecule has 27 heavy (non-hydrogen) atoms. The number of pyridine rings is 1. The fourth-order valence-corrected chi connectivity index (χ4v) is 4.19. The third-order valence-corrected chi connectivity index (χ3v) is 5.50. The number of para-hydroxylation sites is 1. The van der Waals surface area contributed by atoms with Gasteiger partial charge in [0.1, 0.15) is 5.69 Å². The quantitative estimate of drug-likeness (QED) is 0.436. The van der Waals surface area contributed by atoms with E-state index in [1.165, 1.54) is 32.9 Å². The Kier molecular flexibility index (Phi) is 3.47. The van der Waals surface area contributed by atoms with Crippen molar-refractivity contribution < 1.29 is 4.57 Å². The smallest absolute Gasteiger partial charge is 0.341 e. The predicted octanol–water partition coefficient (Wildman–Crippen LogP) is 4.56. The summed E-state index contributed by atoms with van der Waals surface area (Å²) < 4.78 is 4.53. The highest BCUT2D eigenvalue weighted by molar-refractivity contribution is 6.09. The Morgan fingerprint density at radius 1 is 0.926 bits per heavy atom. The summed E-state index contributed by atoms with van der Waals surface area (Å²) in [5, 5.41) is 2.63. The average Bonchev–Trinajstić information content (AvgIpc) is 3.01. The van der Waals surface area contributed by atoms with Crippen molar-refractivity contribution in [2.75, 3.05) is 0 Å². The van der Waals surface area contributed by atoms with Gasteiger partial charge >= 0.3 is 5.65 Å². The highest BCUT2D eigenvalue weighted by atomic mass is 15.0. The molecule has 0 unspecified atom stereocenters. The lowest BCUT2D eigenvalue weighted by Crippen LogP contribution is -2.33. The van der Waals surface area contributed by atoms with E-state index in [2.05, 4.69) is 88.5 Å². The molecular formula is C23H21N4+. The molecule has 0 spiro atoms. The van der Waals surface area contributed by atoms with Gasteiger partial charge in [0.2, 0.25) is 0 Å². The van der Waals surface area contributed by atoms with Crippen LogP contribution in [0, 0.1) is 6.92 Å². The van der Waals surface area contributed by atoms with Gasteiger partial charge in [0.05, 0.1) is 13.2 Å². The van der Waals surface area contributed by atoms with Crippen molar-refractivity contribution in [2.45, 2.75) is 20.4 Å². The molecule has 2 aromatic carbocycles. The van der Waals surface area contributed by atoms with Gasteiger partial charge in [0.25, 0.3) is 0 Å². The lowest BCUT2D eigenvalue weighted by atomic mass is 10.0. The first kappa shape index (κ1) is 15.9. The summed E-state index contributed by atoms with van der Waals surface area (Å²) in [7, 11) is 2.06. The van der Waals surface area contributed by atoms with E-state index in [1.807, 2.05) is 0 Å². The van der Waals surface area contributed by atoms with Crippen molar-refractivity contribution in [3.63, 3.8) is 0 Å². The van der Waals surface area contributed by atoms with E-state index in [0.717, 1.165) is 23.4 Å². The van der Waals surface area contributed by atoms with Gasteiger partial charge in [-0.25, -0.2) is 9.55 Å². The van der Waals surface area contributed by atoms with Crippen LogP contribution in [0.5, 0.6) is 0 Å². The van der Waals surface area contributed by atoms with E-state index in [-0.39, 0.29) is 0 Å². The van der Waals surface area contributed by atoms with Gasteiger partial charge in [-0.1, -0.05) is 18.2 Å². The molecule has 3 heterocycles. The molecule has 0 atom stereocenters. The fourth-order valence-electron chi connectivity index (χ4n) is 4.19. The first-order valence-electron chi connectivity index (χ1n) is 9.30. The van der Waals surface area contributed by atoms with Gasteiger partial charge in [-0.05, 0) is 54.7 Å². The molecule has 0 bridgehead atoms. The summed E-state index contributed by atoms with van der Waals surface area (Å²) in [5.41, 5.74) is 8.01. The van der Waals surface area contributed by atoms with Gasteiger partial charge in [-0.3, -0.25) is 0 Å². The van der Waals surface area contributed by atoms with Crippen LogP contribution < -0.4 is 4.57 Å². The van der Waals surface area contributed by atoms with E-state index in [9.17, 15) is 0 Å². The van der Waals surface area contributed by atoms with Crippen LogP contribution in [-0.2, 0) is 13.6 Å². The minimum atomic E-state index is 0.894. The zero-order valence-electron chi connectivity index (χ0n) is 15.8. The van der Waals surface area contributed by atoms with E-state index in [1.54, 1.807) is 12.4 Å². The topological polar surface area (TPSA) is 34.6 Å². The van der Waals surface area contributed by atoms with Crippen molar-refractivity contribution in [3.05, 3.63) is 66.5 Å². The second-order valence-corrected chi connectivity index (χ2v) is 6.99. The highest BCUT2D eigenvalue weighted by Gasteiger charge is 2.18. The maximum atomic E-state index is 4.52. The lowest BCUT2D eigenvalue weighted by molar-refractivity contribution is -0.635. The molecule has 0 aliphatic heterocycles. The summed E-state index contributed by atoms with van der Waals surface area (Å²) in [6.07, 6.45) is 3.48. The van der Waals surface area contributed by atoms with Gasteiger partial charge in [-0.15, -0.1) is 0 Å². The van der Waals surface area contributed by atoms with Crippen molar-refractivity contribution in [2.24, 2.45) is 7.05 Å². The molecule has 4 heteroatoms. The van der Waals surface area contributed by atoms with E-state index >= 15 is 0 Å². The normalized spacial score (nSPS) is 11.7. The first-order valence-corrected chi connectivity index (χ1v) is 9.30. The molecule has 0 saturated heterocycles. The molecule has 0 amide bonds. The molecule has 4 nitrogen and oxygen atoms in total. The number of benzene rings is 2. The second kappa shape index (κ2) is 5.88. The Hall–Kier alpha value is -3.27. The standard InChI is InChI=1S/C23H21N4/c1-4-27-21-8-6-5-7-16(21)18-13-15(2)17(14-22(18)27)20-10-9-19-23(26(20)3)25-12-11-24-19/h5-14H,4H2,1-3H3/q+1. The van der Waals surface area contributed by atoms with Gasteiger partial charge < -0.3 is 4.57 Å². The Balaban J connectivity index is 1.86. The number of rotatable bonds is 2. The molecule has 3 aromatic heterocycles. The zero-order chi connectivity index (χ0) is 18.5. The van der Waals surface area contributed by atoms with Gasteiger partial charge in [-0.2, -0.15) is 0 Å². The van der Waals surface area contributed by atoms with Crippen molar-refractivity contribution in [1.82, 2.24) is 14.5 Å². The number of nitrogens with zero attached hydrogens (tertiary/aromatic N) is 4. The number of hydrogen-bond acceptors (Lipinski definition) is 2. The van der Waals surface area contributed by atoms with Gasteiger partial charge in [0, 0.05) is 33.9 Å². The molecule has 132 valence electrons. The maximum Gasteiger partial charge on any atom is 0.349 e. The third-order valence-electron chi connectivity index (χ3n) is 5.50. The summed E-state index contributed by atoms with van der Waals surface area (Å²) in [5.74, 6) is 0. The van der Waals surface area contributed by atoms with Gasteiger partial charge in [0.15, 0.2) is 11.7 Å². The number of hydrogen-bond donors (Lipinski definition) is 0. The minimum absolute atomic E-state index is 0.894. The molecule has 0 saturated carbocycles. The number of fused-ring (bicyclic) bond motifs is 4. The fraction of sp³-hybridized carbons (Fsp3) is 0.174. The molecule has 5 aromatic rings. The SMILES string of the molecule is CCn1c2ccccc2c2cc(C)c(-c3ccc4nccnc4[n+]3C)cc21. The summed E-state index contributed by atoms with van der Waals surface area (Å²) in [6, 6.07) is 17.5. The Morgan fingerprint density at radius 2 is 1.74 bits per heavy atom. The zero-order valence-corrected chi connectivity index (χ0v) is 15.8. The Labute approximate surface area is 157 Å². The van der Waals surface area contributed by atoms with Crippen LogP contribution in [0.1, 0.15) is 12.5 Å². The third kappa shape index (κ3) is 2.26. The van der Waals surface area contributed by atoms with Crippen LogP contribution in [-0.4, -0.2) is 14.5 Å². The maximum absolute atomic E-state index is 4.52. The van der Waals surface area contributed by atoms with Crippen LogP contribution in [0.3, 0.4) is 0 Å². The van der Waals surface area contributed by atoms with Crippen molar-refractivity contribution in [1.29, 1.82) is 0 Å². The summed E-state index contributed by atoms with van der Waals surface area (Å²) in [4.78, 5) is 8.94. The molecule has 0 aliphatic carbocycles. The molecule has 0 N–H and O–H groups in total. The number of aryl methyl sites for hydroxylation is 3. The van der Waals surface area contributed by atoms with Crippen LogP contribution in [0.4, 0.5) is 0 Å². The predicted molar refractivity (Wildman–Crippen MR) is 110 cm³/mol. The second-order valence-electron chi connectivity index (χ2n) is 6.99.